The summed E-state index contributed by atoms with van der Waals surface area (Å²) in [4.78, 5) is 0. The third-order valence-electron chi connectivity index (χ3n) is 8.97. The van der Waals surface area contributed by atoms with E-state index < -0.39 is 0 Å². The number of rotatable bonds is 4. The van der Waals surface area contributed by atoms with Gasteiger partial charge in [0.25, 0.3) is 0 Å². The predicted octanol–water partition coefficient (Wildman–Crippen LogP) is 11.6. The zero-order valence-electron chi connectivity index (χ0n) is 28.0. The highest BCUT2D eigenvalue weighted by atomic mass is 14.2. The second-order valence-corrected chi connectivity index (χ2v) is 12.2. The van der Waals surface area contributed by atoms with Gasteiger partial charge in [-0.25, -0.2) is 0 Å². The lowest BCUT2D eigenvalue weighted by molar-refractivity contribution is 1.51. The molecule has 50 heavy (non-hydrogen) atoms. The molecule has 0 fully saturated rings. The van der Waals surface area contributed by atoms with Gasteiger partial charge in [0.15, 0.2) is 0 Å². The molecular formula is C50H38. The maximum absolute atomic E-state index is 4.77. The molecule has 0 heteroatoms. The van der Waals surface area contributed by atoms with E-state index in [0.717, 1.165) is 39.0 Å². The van der Waals surface area contributed by atoms with E-state index in [1.807, 2.05) is 0 Å². The Bertz CT molecular complexity index is 2470. The molecule has 0 aliphatic heterocycles. The van der Waals surface area contributed by atoms with E-state index in [1.165, 1.54) is 32.3 Å². The van der Waals surface area contributed by atoms with Gasteiger partial charge in [0.05, 0.1) is 0 Å². The van der Waals surface area contributed by atoms with Crippen LogP contribution in [0.2, 0.25) is 0 Å². The molecule has 0 atom stereocenters. The first-order chi connectivity index (χ1) is 24.7. The van der Waals surface area contributed by atoms with Crippen LogP contribution in [0.15, 0.2) is 206 Å². The van der Waals surface area contributed by atoms with Gasteiger partial charge in [-0.15, -0.1) is 0 Å². The van der Waals surface area contributed by atoms with E-state index >= 15 is 0 Å². The van der Waals surface area contributed by atoms with Crippen molar-refractivity contribution in [3.05, 3.63) is 239 Å². The van der Waals surface area contributed by atoms with Gasteiger partial charge in [0.1, 0.15) is 0 Å². The molecule has 0 bridgehead atoms. The number of hydrogen-bond acceptors (Lipinski definition) is 0. The van der Waals surface area contributed by atoms with Crippen molar-refractivity contribution in [1.29, 1.82) is 0 Å². The fraction of sp³-hybridized carbons (Fsp3) is 0. The summed E-state index contributed by atoms with van der Waals surface area (Å²) in [6.07, 6.45) is 38.3. The van der Waals surface area contributed by atoms with Crippen LogP contribution in [0.5, 0.6) is 0 Å². The summed E-state index contributed by atoms with van der Waals surface area (Å²) in [5.41, 5.74) is 9.97. The van der Waals surface area contributed by atoms with Crippen LogP contribution in [0.25, 0.3) is 57.3 Å². The molecule has 2 aliphatic rings. The molecule has 7 rings (SSSR count). The lowest BCUT2D eigenvalue weighted by atomic mass is 9.86. The highest BCUT2D eigenvalue weighted by Gasteiger charge is 2.14. The molecule has 0 heterocycles. The molecule has 0 radical (unpaired) electrons. The third-order valence-corrected chi connectivity index (χ3v) is 8.97. The number of fused-ring (bicyclic) bond motifs is 3. The predicted molar refractivity (Wildman–Crippen MR) is 219 cm³/mol. The van der Waals surface area contributed by atoms with E-state index in [0.29, 0.717) is 0 Å². The van der Waals surface area contributed by atoms with Gasteiger partial charge in [0.2, 0.25) is 0 Å². The molecule has 0 spiro atoms. The molecule has 0 N–H and O–H groups in total. The molecule has 0 unspecified atom stereocenters. The van der Waals surface area contributed by atoms with Gasteiger partial charge in [-0.1, -0.05) is 219 Å². The highest BCUT2D eigenvalue weighted by molar-refractivity contribution is 5.99. The monoisotopic (exact) mass is 638 g/mol. The second-order valence-electron chi connectivity index (χ2n) is 12.2. The lowest BCUT2D eigenvalue weighted by Crippen LogP contribution is -2.22. The Kier molecular flexibility index (Phi) is 10.0. The molecule has 5 aromatic rings. The van der Waals surface area contributed by atoms with E-state index in [9.17, 15) is 0 Å². The van der Waals surface area contributed by atoms with Crippen LogP contribution >= 0.6 is 0 Å². The standard InChI is InChI=1S/C50H38/c1-38(39-19-7-5-6-9-20-40-22-11-12-24-42(40)29-17-28-39)50-37-46(48-32-18-30-44-27-15-16-31-47(44)48)35-36-49(50)45-26-10-4-2-3-8-21-41-23-13-14-25-43(41)33-34-45/h2-37H,1H2/b3-2+,4-2?,6-5?,7-5-,8-3?,9-6-,10-4-,19-7?,20-9?,21-8-,26-10?,28-17+,29-17?,34-33+,39-19+,39-28?,40-20-,41-21?,42-29+,43-33?,45-26+,45-34?. The van der Waals surface area contributed by atoms with E-state index in [-0.39, 0.29) is 0 Å². The largest absolute Gasteiger partial charge is 0.0905 e. The van der Waals surface area contributed by atoms with E-state index in [1.54, 1.807) is 0 Å². The van der Waals surface area contributed by atoms with Crippen LogP contribution in [-0.4, -0.2) is 0 Å². The summed E-state index contributed by atoms with van der Waals surface area (Å²) in [7, 11) is 0. The Morgan fingerprint density at radius 1 is 0.420 bits per heavy atom. The number of benzene rings is 5. The third kappa shape index (κ3) is 7.46. The Morgan fingerprint density at radius 3 is 1.90 bits per heavy atom. The number of hydrogen-bond donors (Lipinski definition) is 0. The van der Waals surface area contributed by atoms with Crippen LogP contribution in [0.4, 0.5) is 0 Å². The van der Waals surface area contributed by atoms with Gasteiger partial charge in [-0.3, -0.25) is 0 Å². The van der Waals surface area contributed by atoms with Crippen molar-refractivity contribution < 1.29 is 0 Å². The maximum atomic E-state index is 4.77. The lowest BCUT2D eigenvalue weighted by Gasteiger charge is -2.17. The van der Waals surface area contributed by atoms with Gasteiger partial charge in [-0.05, 0) is 77.4 Å². The van der Waals surface area contributed by atoms with Gasteiger partial charge in [-0.2, -0.15) is 0 Å². The van der Waals surface area contributed by atoms with Crippen molar-refractivity contribution in [3.8, 4) is 11.1 Å². The first kappa shape index (κ1) is 32.1. The molecule has 0 saturated heterocycles. The minimum absolute atomic E-state index is 0.949. The van der Waals surface area contributed by atoms with Crippen molar-refractivity contribution in [3.63, 3.8) is 0 Å². The zero-order chi connectivity index (χ0) is 34.0. The minimum atomic E-state index is 0.949. The molecule has 0 saturated carbocycles. The molecular weight excluding hydrogens is 601 g/mol. The number of allylic oxidation sites excluding steroid dienone is 17. The quantitative estimate of drug-likeness (QED) is 0.184. The molecule has 2 aliphatic carbocycles. The SMILES string of the molecule is C=C(C1=C/C=C\C=C/C=c2/cccc/c2=C\C=C\1)c1cc(-c2cccc3ccccc23)ccc1C1=C/C=C\C=C\C=C/c2ccccc2\C=C\1. The van der Waals surface area contributed by atoms with Crippen molar-refractivity contribution >= 4 is 46.2 Å². The smallest absolute Gasteiger partial charge is 0.00992 e. The van der Waals surface area contributed by atoms with Crippen LogP contribution in [0.1, 0.15) is 22.3 Å². The average Bonchev–Trinajstić information content (AvgIpc) is 3.15. The van der Waals surface area contributed by atoms with Gasteiger partial charge < -0.3 is 0 Å². The summed E-state index contributed by atoms with van der Waals surface area (Å²) in [5, 5.41) is 4.80. The first-order valence-electron chi connectivity index (χ1n) is 17.0. The highest BCUT2D eigenvalue weighted by Crippen LogP contribution is 2.37. The van der Waals surface area contributed by atoms with Crippen LogP contribution in [-0.2, 0) is 0 Å². The van der Waals surface area contributed by atoms with E-state index in [2.05, 4.69) is 219 Å². The van der Waals surface area contributed by atoms with Gasteiger partial charge in [0, 0.05) is 0 Å². The van der Waals surface area contributed by atoms with E-state index in [4.69, 9.17) is 6.58 Å². The van der Waals surface area contributed by atoms with Crippen LogP contribution < -0.4 is 10.4 Å². The fourth-order valence-electron chi connectivity index (χ4n) is 6.36. The first-order valence-corrected chi connectivity index (χ1v) is 17.0. The Labute approximate surface area is 295 Å². The topological polar surface area (TPSA) is 0 Å². The minimum Gasteiger partial charge on any atom is -0.0905 e. The summed E-state index contributed by atoms with van der Waals surface area (Å²) in [6, 6.07) is 38.9. The Balaban J connectivity index is 1.41. The zero-order valence-corrected chi connectivity index (χ0v) is 28.0. The molecule has 238 valence electrons. The van der Waals surface area contributed by atoms with Crippen molar-refractivity contribution in [1.82, 2.24) is 0 Å². The maximum Gasteiger partial charge on any atom is -0.00992 e. The summed E-state index contributed by atoms with van der Waals surface area (Å²) >= 11 is 0. The second kappa shape index (κ2) is 15.6. The summed E-state index contributed by atoms with van der Waals surface area (Å²) in [6.45, 7) is 4.77. The molecule has 5 aromatic carbocycles. The summed E-state index contributed by atoms with van der Waals surface area (Å²) < 4.78 is 0. The normalized spacial score (nSPS) is 22.0. The Morgan fingerprint density at radius 2 is 1.06 bits per heavy atom. The van der Waals surface area contributed by atoms with Crippen molar-refractivity contribution in [2.24, 2.45) is 0 Å². The van der Waals surface area contributed by atoms with Crippen molar-refractivity contribution in [2.75, 3.05) is 0 Å². The fourth-order valence-corrected chi connectivity index (χ4v) is 6.36. The summed E-state index contributed by atoms with van der Waals surface area (Å²) in [5.74, 6) is 0. The molecule has 0 nitrogen and oxygen atoms in total. The Hall–Kier alpha value is -6.50. The van der Waals surface area contributed by atoms with Crippen molar-refractivity contribution in [2.45, 2.75) is 0 Å². The van der Waals surface area contributed by atoms with Gasteiger partial charge >= 0.3 is 0 Å². The van der Waals surface area contributed by atoms with Crippen LogP contribution in [0.3, 0.4) is 0 Å². The molecule has 0 aromatic heterocycles. The molecule has 0 amide bonds. The van der Waals surface area contributed by atoms with Crippen LogP contribution in [0, 0.1) is 0 Å². The average molecular weight is 639 g/mol.